The van der Waals surface area contributed by atoms with Crippen molar-refractivity contribution in [3.63, 3.8) is 0 Å². The molecule has 4 bridgehead atoms. The van der Waals surface area contributed by atoms with E-state index in [4.69, 9.17) is 18.9 Å². The largest absolute Gasteiger partial charge is 0.481 e. The summed E-state index contributed by atoms with van der Waals surface area (Å²) < 4.78 is 24.5. The zero-order chi connectivity index (χ0) is 30.0. The summed E-state index contributed by atoms with van der Waals surface area (Å²) in [4.78, 5) is 40.6. The third-order valence-corrected chi connectivity index (χ3v) is 11.7. The van der Waals surface area contributed by atoms with Crippen molar-refractivity contribution >= 4 is 18.0 Å². The first kappa shape index (κ1) is 29.7. The molecular weight excluding hydrogens is 536 g/mol. The first-order chi connectivity index (χ1) is 20.1. The molecule has 4 aliphatic carbocycles. The van der Waals surface area contributed by atoms with Gasteiger partial charge in [0.1, 0.15) is 17.8 Å². The van der Waals surface area contributed by atoms with Crippen molar-refractivity contribution in [3.05, 3.63) is 47.5 Å². The van der Waals surface area contributed by atoms with Gasteiger partial charge in [-0.3, -0.25) is 9.59 Å². The molecule has 6 rings (SSSR count). The number of fused-ring (bicyclic) bond motifs is 2. The van der Waals surface area contributed by atoms with Crippen LogP contribution in [0, 0.1) is 45.8 Å². The smallest absolute Gasteiger partial charge is 0.315 e. The van der Waals surface area contributed by atoms with Gasteiger partial charge in [-0.15, -0.1) is 0 Å². The van der Waals surface area contributed by atoms with E-state index in [0.717, 1.165) is 30.3 Å². The number of hydrogen-bond acceptors (Lipinski definition) is 7. The van der Waals surface area contributed by atoms with E-state index in [1.807, 2.05) is 44.2 Å². The number of allylic oxidation sites excluding steroid dienone is 1. The van der Waals surface area contributed by atoms with E-state index in [1.165, 1.54) is 7.11 Å². The molecule has 4 fully saturated rings. The Morgan fingerprint density at radius 3 is 2.50 bits per heavy atom. The van der Waals surface area contributed by atoms with Crippen LogP contribution in [-0.4, -0.2) is 61.5 Å². The van der Waals surface area contributed by atoms with Crippen LogP contribution < -0.4 is 0 Å². The van der Waals surface area contributed by atoms with Crippen LogP contribution in [0.15, 0.2) is 42.0 Å². The van der Waals surface area contributed by atoms with Crippen molar-refractivity contribution < 1.29 is 38.4 Å². The Hall–Kier alpha value is -2.39. The molecule has 0 amide bonds. The molecule has 228 valence electrons. The minimum Gasteiger partial charge on any atom is -0.481 e. The average molecular weight is 581 g/mol. The number of carboxylic acid groups (broad SMARTS) is 1. The lowest BCUT2D eigenvalue weighted by molar-refractivity contribution is -0.274. The van der Waals surface area contributed by atoms with Crippen LogP contribution in [-0.2, 0) is 39.9 Å². The summed E-state index contributed by atoms with van der Waals surface area (Å²) in [5.74, 6) is -0.643. The van der Waals surface area contributed by atoms with Crippen LogP contribution in [0.4, 0.5) is 0 Å². The molecule has 11 atom stereocenters. The fraction of sp³-hybridized carbons (Fsp3) is 0.676. The summed E-state index contributed by atoms with van der Waals surface area (Å²) in [5, 5.41) is 11.2. The number of carbonyl (C=O) groups excluding carboxylic acids is 2. The van der Waals surface area contributed by atoms with Crippen LogP contribution in [0.1, 0.15) is 58.9 Å². The Balaban J connectivity index is 1.37. The molecule has 0 spiro atoms. The average Bonchev–Trinajstić information content (AvgIpc) is 3.54. The Labute approximate surface area is 248 Å². The number of benzene rings is 1. The minimum absolute atomic E-state index is 0.0302. The molecule has 8 nitrogen and oxygen atoms in total. The number of ether oxygens (including phenoxy) is 4. The van der Waals surface area contributed by atoms with Crippen molar-refractivity contribution in [2.24, 2.45) is 45.8 Å². The van der Waals surface area contributed by atoms with E-state index in [0.29, 0.717) is 18.8 Å². The number of ketones is 1. The topological polar surface area (TPSA) is 108 Å². The number of hydrogen-bond donors (Lipinski definition) is 1. The zero-order valence-electron chi connectivity index (χ0n) is 25.3. The maximum absolute atomic E-state index is 13.7. The fourth-order valence-corrected chi connectivity index (χ4v) is 10.1. The number of methoxy groups -OCH3 is 1. The van der Waals surface area contributed by atoms with Crippen LogP contribution in [0.5, 0.6) is 0 Å². The van der Waals surface area contributed by atoms with E-state index < -0.39 is 46.8 Å². The molecule has 3 saturated carbocycles. The van der Waals surface area contributed by atoms with Crippen molar-refractivity contribution in [3.8, 4) is 0 Å². The maximum atomic E-state index is 13.7. The Bertz CT molecular complexity index is 1260. The molecule has 1 N–H and O–H groups in total. The summed E-state index contributed by atoms with van der Waals surface area (Å²) in [5.41, 5.74) is -1.40. The molecule has 42 heavy (non-hydrogen) atoms. The molecule has 0 aromatic heterocycles. The molecule has 1 aromatic rings. The van der Waals surface area contributed by atoms with Gasteiger partial charge in [-0.05, 0) is 61.3 Å². The van der Waals surface area contributed by atoms with Gasteiger partial charge in [-0.1, -0.05) is 69.2 Å². The van der Waals surface area contributed by atoms with Gasteiger partial charge in [0.15, 0.2) is 18.2 Å². The molecule has 7 unspecified atom stereocenters. The predicted octanol–water partition coefficient (Wildman–Crippen LogP) is 4.84. The first-order valence-electron chi connectivity index (χ1n) is 15.5. The zero-order valence-corrected chi connectivity index (χ0v) is 25.3. The second-order valence-electron chi connectivity index (χ2n) is 13.8. The summed E-state index contributed by atoms with van der Waals surface area (Å²) in [7, 11) is 1.48. The van der Waals surface area contributed by atoms with Gasteiger partial charge in [0.25, 0.3) is 0 Å². The lowest BCUT2D eigenvalue weighted by atomic mass is 9.43. The lowest BCUT2D eigenvalue weighted by Gasteiger charge is -2.58. The second kappa shape index (κ2) is 10.7. The highest BCUT2D eigenvalue weighted by Crippen LogP contribution is 2.82. The van der Waals surface area contributed by atoms with Gasteiger partial charge in [0.05, 0.1) is 24.7 Å². The van der Waals surface area contributed by atoms with E-state index >= 15 is 0 Å². The maximum Gasteiger partial charge on any atom is 0.315 e. The van der Waals surface area contributed by atoms with Gasteiger partial charge in [-0.25, -0.2) is 0 Å². The number of aldehydes is 1. The van der Waals surface area contributed by atoms with Crippen LogP contribution in [0.25, 0.3) is 0 Å². The van der Waals surface area contributed by atoms with Gasteiger partial charge in [-0.2, -0.15) is 0 Å². The van der Waals surface area contributed by atoms with E-state index in [1.54, 1.807) is 6.92 Å². The molecule has 1 heterocycles. The SMILES string of the molecule is CO[C@H]1C(=O)[C@@H](OCc2ccccc2)[C@H](OCC23CC4C(C)CCC4C4(C=O)CC2C=C(C(C)C)C43C(=O)O)O[C@@H]1C. The fourth-order valence-electron chi connectivity index (χ4n) is 10.1. The summed E-state index contributed by atoms with van der Waals surface area (Å²) in [6.07, 6.45) is 2.78. The van der Waals surface area contributed by atoms with Crippen molar-refractivity contribution in [1.29, 1.82) is 0 Å². The molecule has 5 aliphatic rings. The number of aliphatic carboxylic acids is 1. The molecule has 1 aromatic carbocycles. The van der Waals surface area contributed by atoms with E-state index in [9.17, 15) is 19.5 Å². The second-order valence-corrected chi connectivity index (χ2v) is 13.8. The molecular formula is C34H44O8. The number of Topliss-reactive ketones (excluding diaryl/α,β-unsaturated/α-hetero) is 1. The van der Waals surface area contributed by atoms with Crippen LogP contribution in [0.2, 0.25) is 0 Å². The molecule has 0 radical (unpaired) electrons. The van der Waals surface area contributed by atoms with E-state index in [-0.39, 0.29) is 42.7 Å². The van der Waals surface area contributed by atoms with Crippen molar-refractivity contribution in [1.82, 2.24) is 0 Å². The summed E-state index contributed by atoms with van der Waals surface area (Å²) in [6, 6.07) is 9.58. The third-order valence-electron chi connectivity index (χ3n) is 11.7. The predicted molar refractivity (Wildman–Crippen MR) is 153 cm³/mol. The molecule has 1 aliphatic heterocycles. The lowest BCUT2D eigenvalue weighted by Crippen LogP contribution is -2.64. The minimum atomic E-state index is -1.36. The standard InChI is InChI=1S/C34H44O8/c1-19(2)26-13-23-14-32(17-35)25-12-11-20(3)24(25)15-33(23,34(26,32)31(37)38)18-41-30-29(27(36)28(39-5)21(4)42-30)40-16-22-9-7-6-8-10-22/h6-10,13,17,19-21,23-25,28-30H,11-12,14-16,18H2,1-5H3,(H,37,38)/t20?,21-,23?,24?,25?,28-,29-,30-,32?,33?,34?/m1/s1. The normalized spacial score (nSPS) is 43.9. The first-order valence-corrected chi connectivity index (χ1v) is 15.5. The Morgan fingerprint density at radius 1 is 1.12 bits per heavy atom. The number of rotatable bonds is 10. The van der Waals surface area contributed by atoms with Crippen molar-refractivity contribution in [2.45, 2.75) is 84.6 Å². The number of carbonyl (C=O) groups is 3. The third kappa shape index (κ3) is 3.84. The molecule has 8 heteroatoms. The Kier molecular flexibility index (Phi) is 7.52. The Morgan fingerprint density at radius 2 is 1.86 bits per heavy atom. The summed E-state index contributed by atoms with van der Waals surface area (Å²) >= 11 is 0. The van der Waals surface area contributed by atoms with Gasteiger partial charge >= 0.3 is 5.97 Å². The van der Waals surface area contributed by atoms with E-state index in [2.05, 4.69) is 13.0 Å². The van der Waals surface area contributed by atoms with Crippen LogP contribution in [0.3, 0.4) is 0 Å². The van der Waals surface area contributed by atoms with Gasteiger partial charge in [0, 0.05) is 12.5 Å². The highest BCUT2D eigenvalue weighted by atomic mass is 16.7. The van der Waals surface area contributed by atoms with Gasteiger partial charge in [0.2, 0.25) is 0 Å². The summed E-state index contributed by atoms with van der Waals surface area (Å²) in [6.45, 7) is 8.31. The monoisotopic (exact) mass is 580 g/mol. The quantitative estimate of drug-likeness (QED) is 0.309. The number of carboxylic acids is 1. The van der Waals surface area contributed by atoms with Crippen LogP contribution >= 0.6 is 0 Å². The van der Waals surface area contributed by atoms with Crippen molar-refractivity contribution in [2.75, 3.05) is 13.7 Å². The highest BCUT2D eigenvalue weighted by molar-refractivity contribution is 5.91. The highest BCUT2D eigenvalue weighted by Gasteiger charge is 2.84. The van der Waals surface area contributed by atoms with Gasteiger partial charge < -0.3 is 28.8 Å². The molecule has 1 saturated heterocycles.